The van der Waals surface area contributed by atoms with Crippen LogP contribution in [-0.4, -0.2) is 17.2 Å². The number of aromatic nitrogens is 1. The zero-order chi connectivity index (χ0) is 13.8. The van der Waals surface area contributed by atoms with E-state index in [1.165, 1.54) is 5.56 Å². The first-order chi connectivity index (χ1) is 9.06. The molecule has 0 amide bonds. The summed E-state index contributed by atoms with van der Waals surface area (Å²) in [6, 6.07) is 7.96. The Morgan fingerprint density at radius 3 is 2.42 bits per heavy atom. The van der Waals surface area contributed by atoms with Gasteiger partial charge in [0, 0.05) is 0 Å². The normalized spacial score (nSPS) is 11.9. The molecule has 1 aromatic heterocycles. The maximum atomic E-state index is 5.76. The first kappa shape index (κ1) is 13.3. The molecule has 100 valence electrons. The molecule has 0 radical (unpaired) electrons. The fourth-order valence-electron chi connectivity index (χ4n) is 1.61. The van der Waals surface area contributed by atoms with Crippen LogP contribution < -0.4 is 0 Å². The molecule has 19 heavy (non-hydrogen) atoms. The van der Waals surface area contributed by atoms with Crippen molar-refractivity contribution < 1.29 is 9.26 Å². The number of rotatable bonds is 3. The Labute approximate surface area is 113 Å². The minimum absolute atomic E-state index is 0.0403. The monoisotopic (exact) mass is 258 g/mol. The van der Waals surface area contributed by atoms with E-state index >= 15 is 0 Å². The van der Waals surface area contributed by atoms with Gasteiger partial charge >= 0.3 is 0 Å². The minimum atomic E-state index is 0.0403. The smallest absolute Gasteiger partial charge is 0.226 e. The molecule has 0 aliphatic heterocycles. The van der Waals surface area contributed by atoms with Gasteiger partial charge in [-0.3, -0.25) is 0 Å². The molecule has 4 heteroatoms. The van der Waals surface area contributed by atoms with E-state index in [1.54, 1.807) is 6.20 Å². The summed E-state index contributed by atoms with van der Waals surface area (Å²) in [6.07, 6.45) is 1.67. The Morgan fingerprint density at radius 2 is 1.89 bits per heavy atom. The van der Waals surface area contributed by atoms with Gasteiger partial charge in [-0.15, -0.1) is 0 Å². The summed E-state index contributed by atoms with van der Waals surface area (Å²) in [6.45, 7) is 7.82. The number of nitrogens with zero attached hydrogens (tertiary/aromatic N) is 2. The van der Waals surface area contributed by atoms with E-state index in [-0.39, 0.29) is 6.10 Å². The van der Waals surface area contributed by atoms with Gasteiger partial charge in [0.2, 0.25) is 5.90 Å². The van der Waals surface area contributed by atoms with Crippen LogP contribution in [0, 0.1) is 13.8 Å². The highest BCUT2D eigenvalue weighted by Gasteiger charge is 2.14. The fourth-order valence-corrected chi connectivity index (χ4v) is 1.61. The van der Waals surface area contributed by atoms with Crippen LogP contribution in [0.25, 0.3) is 0 Å². The van der Waals surface area contributed by atoms with Crippen molar-refractivity contribution in [2.24, 2.45) is 4.99 Å². The largest absolute Gasteiger partial charge is 0.474 e. The number of ether oxygens (including phenoxy) is 1. The zero-order valence-electron chi connectivity index (χ0n) is 11.7. The van der Waals surface area contributed by atoms with Gasteiger partial charge in [-0.2, -0.15) is 0 Å². The second kappa shape index (κ2) is 5.69. The van der Waals surface area contributed by atoms with Gasteiger partial charge in [-0.1, -0.05) is 22.9 Å². The van der Waals surface area contributed by atoms with E-state index in [0.29, 0.717) is 11.7 Å². The second-order valence-corrected chi connectivity index (χ2v) is 4.71. The van der Waals surface area contributed by atoms with Gasteiger partial charge in [-0.05, 0) is 39.8 Å². The Hall–Kier alpha value is -2.10. The maximum absolute atomic E-state index is 5.76. The summed E-state index contributed by atoms with van der Waals surface area (Å²) >= 11 is 0. The van der Waals surface area contributed by atoms with Gasteiger partial charge in [0.15, 0.2) is 0 Å². The molecule has 0 saturated heterocycles. The van der Waals surface area contributed by atoms with E-state index in [4.69, 9.17) is 9.26 Å². The lowest BCUT2D eigenvalue weighted by Crippen LogP contribution is -2.13. The van der Waals surface area contributed by atoms with Gasteiger partial charge in [-0.25, -0.2) is 4.99 Å². The van der Waals surface area contributed by atoms with E-state index in [9.17, 15) is 0 Å². The van der Waals surface area contributed by atoms with Crippen LogP contribution in [0.4, 0.5) is 5.69 Å². The van der Waals surface area contributed by atoms with Crippen LogP contribution >= 0.6 is 0 Å². The van der Waals surface area contributed by atoms with Gasteiger partial charge in [0.25, 0.3) is 0 Å². The van der Waals surface area contributed by atoms with Gasteiger partial charge in [0.1, 0.15) is 5.76 Å². The third-order valence-corrected chi connectivity index (χ3v) is 2.59. The molecule has 1 aromatic carbocycles. The zero-order valence-corrected chi connectivity index (χ0v) is 11.7. The van der Waals surface area contributed by atoms with E-state index in [1.807, 2.05) is 52.0 Å². The van der Waals surface area contributed by atoms with Crippen molar-refractivity contribution >= 4 is 11.6 Å². The number of hydrogen-bond acceptors (Lipinski definition) is 4. The molecular weight excluding hydrogens is 240 g/mol. The molecule has 0 atom stereocenters. The summed E-state index contributed by atoms with van der Waals surface area (Å²) in [5.41, 5.74) is 2.84. The van der Waals surface area contributed by atoms with Crippen LogP contribution in [0.3, 0.4) is 0 Å². The lowest BCUT2D eigenvalue weighted by Gasteiger charge is -2.11. The Morgan fingerprint density at radius 1 is 1.21 bits per heavy atom. The lowest BCUT2D eigenvalue weighted by molar-refractivity contribution is 0.229. The van der Waals surface area contributed by atoms with Gasteiger partial charge < -0.3 is 9.26 Å². The lowest BCUT2D eigenvalue weighted by atomic mass is 10.2. The van der Waals surface area contributed by atoms with Crippen LogP contribution in [0.1, 0.15) is 30.7 Å². The van der Waals surface area contributed by atoms with Crippen LogP contribution in [0.2, 0.25) is 0 Å². The van der Waals surface area contributed by atoms with E-state index in [2.05, 4.69) is 10.1 Å². The summed E-state index contributed by atoms with van der Waals surface area (Å²) in [4.78, 5) is 4.54. The Bertz CT molecular complexity index is 568. The minimum Gasteiger partial charge on any atom is -0.474 e. The quantitative estimate of drug-likeness (QED) is 0.621. The number of benzene rings is 1. The third-order valence-electron chi connectivity index (χ3n) is 2.59. The predicted molar refractivity (Wildman–Crippen MR) is 74.8 cm³/mol. The highest BCUT2D eigenvalue weighted by molar-refractivity contribution is 5.96. The molecule has 0 aliphatic carbocycles. The van der Waals surface area contributed by atoms with E-state index < -0.39 is 0 Å². The predicted octanol–water partition coefficient (Wildman–Crippen LogP) is 3.79. The SMILES string of the molecule is Cc1ccc(N=C(OC(C)C)c2cnoc2C)cc1. The Balaban J connectivity index is 2.37. The van der Waals surface area contributed by atoms with Crippen molar-refractivity contribution in [3.63, 3.8) is 0 Å². The van der Waals surface area contributed by atoms with Crippen molar-refractivity contribution in [2.45, 2.75) is 33.8 Å². The third kappa shape index (κ3) is 3.44. The summed E-state index contributed by atoms with van der Waals surface area (Å²) < 4.78 is 10.8. The average Bonchev–Trinajstić information content (AvgIpc) is 2.77. The molecular formula is C15H18N2O2. The van der Waals surface area contributed by atoms with Crippen molar-refractivity contribution in [1.82, 2.24) is 5.16 Å². The van der Waals surface area contributed by atoms with E-state index in [0.717, 1.165) is 11.3 Å². The van der Waals surface area contributed by atoms with Crippen molar-refractivity contribution in [1.29, 1.82) is 0 Å². The molecule has 0 aliphatic rings. The van der Waals surface area contributed by atoms with Crippen molar-refractivity contribution in [2.75, 3.05) is 0 Å². The highest BCUT2D eigenvalue weighted by atomic mass is 16.5. The van der Waals surface area contributed by atoms with Crippen molar-refractivity contribution in [3.05, 3.63) is 47.3 Å². The molecule has 0 saturated carbocycles. The highest BCUT2D eigenvalue weighted by Crippen LogP contribution is 2.18. The molecule has 0 bridgehead atoms. The number of hydrogen-bond donors (Lipinski definition) is 0. The second-order valence-electron chi connectivity index (χ2n) is 4.71. The molecule has 1 heterocycles. The molecule has 0 unspecified atom stereocenters. The first-order valence-corrected chi connectivity index (χ1v) is 6.30. The van der Waals surface area contributed by atoms with Crippen molar-refractivity contribution in [3.8, 4) is 0 Å². The number of aryl methyl sites for hydroxylation is 2. The molecule has 0 spiro atoms. The average molecular weight is 258 g/mol. The summed E-state index contributed by atoms with van der Waals surface area (Å²) in [7, 11) is 0. The van der Waals surface area contributed by atoms with Crippen LogP contribution in [-0.2, 0) is 4.74 Å². The standard InChI is InChI=1S/C15H18N2O2/c1-10(2)18-15(14-9-16-19-12(14)4)17-13-7-5-11(3)6-8-13/h5-10H,1-4H3. The fraction of sp³-hybridized carbons (Fsp3) is 0.333. The first-order valence-electron chi connectivity index (χ1n) is 6.30. The van der Waals surface area contributed by atoms with Crippen LogP contribution in [0.15, 0.2) is 40.0 Å². The summed E-state index contributed by atoms with van der Waals surface area (Å²) in [5, 5.41) is 3.77. The molecule has 0 N–H and O–H groups in total. The molecule has 2 rings (SSSR count). The molecule has 4 nitrogen and oxygen atoms in total. The molecule has 2 aromatic rings. The number of aliphatic imine (C=N–C) groups is 1. The van der Waals surface area contributed by atoms with Crippen LogP contribution in [0.5, 0.6) is 0 Å². The Kier molecular flexibility index (Phi) is 4.00. The van der Waals surface area contributed by atoms with Gasteiger partial charge in [0.05, 0.1) is 23.6 Å². The topological polar surface area (TPSA) is 47.6 Å². The summed E-state index contributed by atoms with van der Waals surface area (Å²) in [5.74, 6) is 1.24. The maximum Gasteiger partial charge on any atom is 0.226 e. The molecule has 0 fully saturated rings.